The van der Waals surface area contributed by atoms with Crippen molar-refractivity contribution in [3.8, 4) is 0 Å². The molecule has 4 nitrogen and oxygen atoms in total. The average Bonchev–Trinajstić information content (AvgIpc) is 2.54. The van der Waals surface area contributed by atoms with E-state index in [9.17, 15) is 8.42 Å². The van der Waals surface area contributed by atoms with Gasteiger partial charge in [0.15, 0.2) is 5.03 Å². The molecule has 0 saturated carbocycles. The highest BCUT2D eigenvalue weighted by Crippen LogP contribution is 2.18. The maximum Gasteiger partial charge on any atom is 0.280 e. The van der Waals surface area contributed by atoms with Crippen molar-refractivity contribution in [3.05, 3.63) is 12.5 Å². The summed E-state index contributed by atoms with van der Waals surface area (Å²) in [6.45, 7) is 4.09. The predicted molar refractivity (Wildman–Crippen MR) is 54.9 cm³/mol. The Hall–Kier alpha value is -0.550. The van der Waals surface area contributed by atoms with E-state index in [2.05, 4.69) is 4.98 Å². The maximum atomic E-state index is 10.9. The van der Waals surface area contributed by atoms with Crippen molar-refractivity contribution in [1.82, 2.24) is 9.55 Å². The lowest BCUT2D eigenvalue weighted by molar-refractivity contribution is 0.470. The summed E-state index contributed by atoms with van der Waals surface area (Å²) in [6, 6.07) is 0.287. The second-order valence-electron chi connectivity index (χ2n) is 3.07. The molecule has 0 saturated heterocycles. The molecule has 0 fully saturated rings. The van der Waals surface area contributed by atoms with Crippen molar-refractivity contribution < 1.29 is 8.42 Å². The molecule has 0 spiro atoms. The number of halogens is 1. The standard InChI is InChI=1S/C8H13ClN2O2S/c1-3-7(4-2)11-5-8(10-6-11)14(9,12)13/h5-7H,3-4H2,1-2H3. The highest BCUT2D eigenvalue weighted by molar-refractivity contribution is 8.13. The van der Waals surface area contributed by atoms with E-state index < -0.39 is 9.05 Å². The highest BCUT2D eigenvalue weighted by atomic mass is 35.7. The fourth-order valence-electron chi connectivity index (χ4n) is 1.35. The van der Waals surface area contributed by atoms with Crippen LogP contribution in [-0.2, 0) is 9.05 Å². The zero-order chi connectivity index (χ0) is 10.8. The lowest BCUT2D eigenvalue weighted by Gasteiger charge is -2.12. The van der Waals surface area contributed by atoms with E-state index in [4.69, 9.17) is 10.7 Å². The van der Waals surface area contributed by atoms with Crippen molar-refractivity contribution in [2.45, 2.75) is 37.8 Å². The minimum absolute atomic E-state index is 0.0777. The molecule has 1 aromatic heterocycles. The molecule has 0 amide bonds. The van der Waals surface area contributed by atoms with Crippen LogP contribution in [0.25, 0.3) is 0 Å². The molecule has 1 heterocycles. The first kappa shape index (κ1) is 11.5. The van der Waals surface area contributed by atoms with Crippen LogP contribution in [0.2, 0.25) is 0 Å². The zero-order valence-electron chi connectivity index (χ0n) is 8.14. The summed E-state index contributed by atoms with van der Waals surface area (Å²) in [7, 11) is 1.47. The van der Waals surface area contributed by atoms with Crippen LogP contribution in [0.3, 0.4) is 0 Å². The average molecular weight is 237 g/mol. The molecular weight excluding hydrogens is 224 g/mol. The Balaban J connectivity index is 2.99. The first-order valence-corrected chi connectivity index (χ1v) is 6.78. The molecule has 0 unspecified atom stereocenters. The van der Waals surface area contributed by atoms with Gasteiger partial charge in [-0.05, 0) is 12.8 Å². The van der Waals surface area contributed by atoms with E-state index >= 15 is 0 Å². The first-order chi connectivity index (χ1) is 6.49. The fraction of sp³-hybridized carbons (Fsp3) is 0.625. The van der Waals surface area contributed by atoms with Crippen molar-refractivity contribution in [2.75, 3.05) is 0 Å². The minimum Gasteiger partial charge on any atom is -0.333 e. The van der Waals surface area contributed by atoms with E-state index in [1.165, 1.54) is 12.5 Å². The third-order valence-electron chi connectivity index (χ3n) is 2.19. The largest absolute Gasteiger partial charge is 0.333 e. The van der Waals surface area contributed by atoms with Gasteiger partial charge in [-0.1, -0.05) is 13.8 Å². The van der Waals surface area contributed by atoms with Gasteiger partial charge in [-0.25, -0.2) is 13.4 Å². The Labute approximate surface area is 88.3 Å². The fourth-order valence-corrected chi connectivity index (χ4v) is 2.01. The summed E-state index contributed by atoms with van der Waals surface area (Å²) < 4.78 is 23.7. The molecule has 0 aromatic carbocycles. The summed E-state index contributed by atoms with van der Waals surface area (Å²) in [6.07, 6.45) is 4.86. The molecule has 1 rings (SSSR count). The molecule has 0 N–H and O–H groups in total. The summed E-state index contributed by atoms with van der Waals surface area (Å²) in [5.74, 6) is 0. The molecule has 0 radical (unpaired) electrons. The Morgan fingerprint density at radius 2 is 2.07 bits per heavy atom. The van der Waals surface area contributed by atoms with Gasteiger partial charge < -0.3 is 4.57 Å². The summed E-state index contributed by atoms with van der Waals surface area (Å²) in [4.78, 5) is 3.75. The molecule has 0 aliphatic carbocycles. The second-order valence-corrected chi connectivity index (χ2v) is 5.58. The SMILES string of the molecule is CCC(CC)n1cnc(S(=O)(=O)Cl)c1. The Kier molecular flexibility index (Phi) is 3.55. The summed E-state index contributed by atoms with van der Waals surface area (Å²) in [5.41, 5.74) is 0. The van der Waals surface area contributed by atoms with Crippen molar-refractivity contribution >= 4 is 19.7 Å². The second kappa shape index (κ2) is 4.31. The monoisotopic (exact) mass is 236 g/mol. The number of rotatable bonds is 4. The Morgan fingerprint density at radius 3 is 2.43 bits per heavy atom. The van der Waals surface area contributed by atoms with Gasteiger partial charge in [0.05, 0.1) is 6.33 Å². The molecule has 0 aliphatic rings. The lowest BCUT2D eigenvalue weighted by atomic mass is 10.2. The van der Waals surface area contributed by atoms with Crippen molar-refractivity contribution in [3.63, 3.8) is 0 Å². The van der Waals surface area contributed by atoms with E-state index in [-0.39, 0.29) is 11.1 Å². The van der Waals surface area contributed by atoms with Crippen molar-refractivity contribution in [2.24, 2.45) is 0 Å². The van der Waals surface area contributed by atoms with Crippen LogP contribution >= 0.6 is 10.7 Å². The zero-order valence-corrected chi connectivity index (χ0v) is 9.72. The van der Waals surface area contributed by atoms with Gasteiger partial charge >= 0.3 is 0 Å². The van der Waals surface area contributed by atoms with Gasteiger partial charge in [0.1, 0.15) is 0 Å². The van der Waals surface area contributed by atoms with Gasteiger partial charge in [-0.2, -0.15) is 0 Å². The van der Waals surface area contributed by atoms with Crippen LogP contribution in [-0.4, -0.2) is 18.0 Å². The highest BCUT2D eigenvalue weighted by Gasteiger charge is 2.15. The third kappa shape index (κ3) is 2.48. The topological polar surface area (TPSA) is 52.0 Å². The molecule has 0 atom stereocenters. The van der Waals surface area contributed by atoms with E-state index in [0.29, 0.717) is 0 Å². The van der Waals surface area contributed by atoms with E-state index in [0.717, 1.165) is 12.8 Å². The van der Waals surface area contributed by atoms with Crippen molar-refractivity contribution in [1.29, 1.82) is 0 Å². The molecule has 0 aliphatic heterocycles. The Bertz CT molecular complexity index is 395. The minimum atomic E-state index is -3.69. The summed E-state index contributed by atoms with van der Waals surface area (Å²) >= 11 is 0. The number of hydrogen-bond donors (Lipinski definition) is 0. The third-order valence-corrected chi connectivity index (χ3v) is 3.38. The molecule has 14 heavy (non-hydrogen) atoms. The molecule has 80 valence electrons. The molecule has 6 heteroatoms. The lowest BCUT2D eigenvalue weighted by Crippen LogP contribution is -2.03. The van der Waals surface area contributed by atoms with Gasteiger partial charge in [0, 0.05) is 22.9 Å². The molecule has 1 aromatic rings. The van der Waals surface area contributed by atoms with Crippen LogP contribution in [0, 0.1) is 0 Å². The van der Waals surface area contributed by atoms with Crippen LogP contribution in [0.5, 0.6) is 0 Å². The number of hydrogen-bond acceptors (Lipinski definition) is 3. The molecular formula is C8H13ClN2O2S. The number of aromatic nitrogens is 2. The van der Waals surface area contributed by atoms with Gasteiger partial charge in [0.25, 0.3) is 9.05 Å². The van der Waals surface area contributed by atoms with E-state index in [1.54, 1.807) is 4.57 Å². The predicted octanol–water partition coefficient (Wildman–Crippen LogP) is 2.17. The smallest absolute Gasteiger partial charge is 0.280 e. The van der Waals surface area contributed by atoms with E-state index in [1.807, 2.05) is 13.8 Å². The van der Waals surface area contributed by atoms with Gasteiger partial charge in [0.2, 0.25) is 0 Å². The van der Waals surface area contributed by atoms with Gasteiger partial charge in [-0.3, -0.25) is 0 Å². The summed E-state index contributed by atoms with van der Waals surface area (Å²) in [5, 5.41) is -0.0777. The van der Waals surface area contributed by atoms with Crippen LogP contribution in [0.15, 0.2) is 17.6 Å². The number of nitrogens with zero attached hydrogens (tertiary/aromatic N) is 2. The number of imidazole rings is 1. The Morgan fingerprint density at radius 1 is 1.50 bits per heavy atom. The van der Waals surface area contributed by atoms with Crippen LogP contribution in [0.1, 0.15) is 32.7 Å². The van der Waals surface area contributed by atoms with Crippen LogP contribution in [0.4, 0.5) is 0 Å². The maximum absolute atomic E-state index is 10.9. The molecule has 0 bridgehead atoms. The van der Waals surface area contributed by atoms with Gasteiger partial charge in [-0.15, -0.1) is 0 Å². The van der Waals surface area contributed by atoms with Crippen LogP contribution < -0.4 is 0 Å². The first-order valence-electron chi connectivity index (χ1n) is 4.47. The normalized spacial score (nSPS) is 12.3. The quantitative estimate of drug-likeness (QED) is 0.753.